The van der Waals surface area contributed by atoms with Gasteiger partial charge in [-0.15, -0.1) is 11.3 Å². The number of thiazole rings is 1. The highest BCUT2D eigenvalue weighted by atomic mass is 32.1. The van der Waals surface area contributed by atoms with E-state index in [-0.39, 0.29) is 0 Å². The quantitative estimate of drug-likeness (QED) is 0.840. The van der Waals surface area contributed by atoms with Gasteiger partial charge in [-0.3, -0.25) is 0 Å². The largest absolute Gasteiger partial charge is 0.315 e. The second-order valence-electron chi connectivity index (χ2n) is 4.05. The van der Waals surface area contributed by atoms with Gasteiger partial charge in [-0.25, -0.2) is 4.98 Å². The van der Waals surface area contributed by atoms with E-state index in [4.69, 9.17) is 0 Å². The number of rotatable bonds is 3. The molecule has 2 heterocycles. The molecule has 0 aromatic carbocycles. The number of nitrogens with zero attached hydrogens (tertiary/aromatic N) is 2. The molecule has 0 bridgehead atoms. The topological polar surface area (TPSA) is 28.2 Å². The van der Waals surface area contributed by atoms with E-state index in [9.17, 15) is 0 Å². The fraction of sp³-hybridized carbons (Fsp3) is 0.727. The number of hydrogen-bond donors (Lipinski definition) is 1. The molecule has 0 unspecified atom stereocenters. The van der Waals surface area contributed by atoms with Crippen LogP contribution in [0.1, 0.15) is 17.1 Å². The molecule has 2 rings (SSSR count). The summed E-state index contributed by atoms with van der Waals surface area (Å²) in [7, 11) is 0. The van der Waals surface area contributed by atoms with E-state index in [1.807, 2.05) is 0 Å². The molecule has 0 spiro atoms. The summed E-state index contributed by atoms with van der Waals surface area (Å²) in [6, 6.07) is 0. The summed E-state index contributed by atoms with van der Waals surface area (Å²) in [6.07, 6.45) is 2.38. The Bertz CT molecular complexity index is 290. The van der Waals surface area contributed by atoms with E-state index in [1.54, 1.807) is 11.3 Å². The Morgan fingerprint density at radius 1 is 1.47 bits per heavy atom. The van der Waals surface area contributed by atoms with Gasteiger partial charge in [0.2, 0.25) is 0 Å². The van der Waals surface area contributed by atoms with E-state index in [1.165, 1.54) is 36.8 Å². The summed E-state index contributed by atoms with van der Waals surface area (Å²) in [5, 5.41) is 6.79. The molecular formula is C11H19N3S. The van der Waals surface area contributed by atoms with Crippen LogP contribution < -0.4 is 5.32 Å². The first-order valence-corrected chi connectivity index (χ1v) is 6.56. The van der Waals surface area contributed by atoms with Crippen LogP contribution in [0.5, 0.6) is 0 Å². The Morgan fingerprint density at radius 3 is 3.20 bits per heavy atom. The van der Waals surface area contributed by atoms with Crippen LogP contribution in [0.15, 0.2) is 5.38 Å². The highest BCUT2D eigenvalue weighted by Crippen LogP contribution is 2.09. The first-order valence-electron chi connectivity index (χ1n) is 5.69. The molecule has 1 fully saturated rings. The average molecular weight is 225 g/mol. The van der Waals surface area contributed by atoms with Gasteiger partial charge in [-0.05, 0) is 26.4 Å². The fourth-order valence-corrected chi connectivity index (χ4v) is 2.57. The molecule has 15 heavy (non-hydrogen) atoms. The van der Waals surface area contributed by atoms with Gasteiger partial charge in [0.15, 0.2) is 0 Å². The zero-order valence-electron chi connectivity index (χ0n) is 9.33. The van der Waals surface area contributed by atoms with Crippen molar-refractivity contribution < 1.29 is 0 Å². The number of aryl methyl sites for hydroxylation is 1. The first kappa shape index (κ1) is 11.0. The number of hydrogen-bond acceptors (Lipinski definition) is 4. The van der Waals surface area contributed by atoms with Gasteiger partial charge >= 0.3 is 0 Å². The molecule has 1 saturated heterocycles. The van der Waals surface area contributed by atoms with Crippen LogP contribution in [-0.4, -0.2) is 42.6 Å². The van der Waals surface area contributed by atoms with Gasteiger partial charge in [-0.2, -0.15) is 0 Å². The molecule has 0 atom stereocenters. The van der Waals surface area contributed by atoms with E-state index < -0.39 is 0 Å². The minimum Gasteiger partial charge on any atom is -0.315 e. The third-order valence-electron chi connectivity index (χ3n) is 2.78. The predicted octanol–water partition coefficient (Wildman–Crippen LogP) is 1.29. The van der Waals surface area contributed by atoms with E-state index in [0.717, 1.165) is 19.5 Å². The summed E-state index contributed by atoms with van der Waals surface area (Å²) in [5.74, 6) is 0. The Kier molecular flexibility index (Phi) is 4.11. The Balaban J connectivity index is 1.76. The fourth-order valence-electron chi connectivity index (χ4n) is 1.92. The lowest BCUT2D eigenvalue weighted by molar-refractivity contribution is 0.295. The lowest BCUT2D eigenvalue weighted by Crippen LogP contribution is -2.30. The average Bonchev–Trinajstić information content (AvgIpc) is 2.52. The Labute approximate surface area is 95.5 Å². The maximum Gasteiger partial charge on any atom is 0.0897 e. The number of nitrogens with one attached hydrogen (secondary N) is 1. The molecule has 1 aromatic rings. The highest BCUT2D eigenvalue weighted by molar-refractivity contribution is 7.09. The van der Waals surface area contributed by atoms with Crippen LogP contribution in [0.25, 0.3) is 0 Å². The molecule has 0 amide bonds. The van der Waals surface area contributed by atoms with Crippen molar-refractivity contribution in [1.82, 2.24) is 15.2 Å². The van der Waals surface area contributed by atoms with E-state index in [2.05, 4.69) is 27.5 Å². The molecule has 1 N–H and O–H groups in total. The first-order chi connectivity index (χ1) is 7.34. The standard InChI is InChI=1S/C11H19N3S/c1-10-13-11(9-15-10)3-7-14-6-2-4-12-5-8-14/h9,12H,2-8H2,1H3. The van der Waals surface area contributed by atoms with Crippen molar-refractivity contribution in [2.45, 2.75) is 19.8 Å². The molecule has 1 aromatic heterocycles. The van der Waals surface area contributed by atoms with Gasteiger partial charge in [0.05, 0.1) is 10.7 Å². The number of aromatic nitrogens is 1. The molecule has 3 nitrogen and oxygen atoms in total. The second-order valence-corrected chi connectivity index (χ2v) is 5.12. The third kappa shape index (κ3) is 3.55. The minimum atomic E-state index is 1.10. The highest BCUT2D eigenvalue weighted by Gasteiger charge is 2.08. The van der Waals surface area contributed by atoms with E-state index in [0.29, 0.717) is 0 Å². The van der Waals surface area contributed by atoms with E-state index >= 15 is 0 Å². The zero-order valence-corrected chi connectivity index (χ0v) is 10.1. The van der Waals surface area contributed by atoms with Gasteiger partial charge < -0.3 is 10.2 Å². The molecule has 0 saturated carbocycles. The van der Waals surface area contributed by atoms with Crippen molar-refractivity contribution in [1.29, 1.82) is 0 Å². The summed E-state index contributed by atoms with van der Waals surface area (Å²) >= 11 is 1.75. The molecular weight excluding hydrogens is 206 g/mol. The SMILES string of the molecule is Cc1nc(CCN2CCCNCC2)cs1. The van der Waals surface area contributed by atoms with Crippen LogP contribution in [0.2, 0.25) is 0 Å². The van der Waals surface area contributed by atoms with Crippen LogP contribution in [0, 0.1) is 6.92 Å². The Morgan fingerprint density at radius 2 is 2.40 bits per heavy atom. The molecule has 1 aliphatic heterocycles. The van der Waals surface area contributed by atoms with Crippen LogP contribution in [0.3, 0.4) is 0 Å². The van der Waals surface area contributed by atoms with Crippen LogP contribution in [-0.2, 0) is 6.42 Å². The Hall–Kier alpha value is -0.450. The summed E-state index contributed by atoms with van der Waals surface area (Å²) in [5.41, 5.74) is 1.26. The molecule has 1 aliphatic rings. The van der Waals surface area contributed by atoms with Crippen molar-refractivity contribution in [3.8, 4) is 0 Å². The van der Waals surface area contributed by atoms with Crippen molar-refractivity contribution >= 4 is 11.3 Å². The summed E-state index contributed by atoms with van der Waals surface area (Å²) in [4.78, 5) is 7.03. The monoisotopic (exact) mass is 225 g/mol. The lowest BCUT2D eigenvalue weighted by atomic mass is 10.3. The van der Waals surface area contributed by atoms with Crippen molar-refractivity contribution in [3.05, 3.63) is 16.1 Å². The molecule has 0 radical (unpaired) electrons. The van der Waals surface area contributed by atoms with Gasteiger partial charge in [-0.1, -0.05) is 0 Å². The maximum atomic E-state index is 4.49. The van der Waals surface area contributed by atoms with Gasteiger partial charge in [0, 0.05) is 31.4 Å². The lowest BCUT2D eigenvalue weighted by Gasteiger charge is -2.18. The summed E-state index contributed by atoms with van der Waals surface area (Å²) in [6.45, 7) is 7.95. The van der Waals surface area contributed by atoms with Gasteiger partial charge in [0.25, 0.3) is 0 Å². The van der Waals surface area contributed by atoms with Crippen molar-refractivity contribution in [3.63, 3.8) is 0 Å². The van der Waals surface area contributed by atoms with Crippen LogP contribution >= 0.6 is 11.3 Å². The molecule has 4 heteroatoms. The summed E-state index contributed by atoms with van der Waals surface area (Å²) < 4.78 is 0. The second kappa shape index (κ2) is 5.58. The minimum absolute atomic E-state index is 1.10. The smallest absolute Gasteiger partial charge is 0.0897 e. The maximum absolute atomic E-state index is 4.49. The third-order valence-corrected chi connectivity index (χ3v) is 3.61. The predicted molar refractivity (Wildman–Crippen MR) is 64.5 cm³/mol. The van der Waals surface area contributed by atoms with Gasteiger partial charge in [0.1, 0.15) is 0 Å². The van der Waals surface area contributed by atoms with Crippen LogP contribution in [0.4, 0.5) is 0 Å². The van der Waals surface area contributed by atoms with Crippen molar-refractivity contribution in [2.24, 2.45) is 0 Å². The van der Waals surface area contributed by atoms with Crippen molar-refractivity contribution in [2.75, 3.05) is 32.7 Å². The molecule has 84 valence electrons. The zero-order chi connectivity index (χ0) is 10.5. The molecule has 0 aliphatic carbocycles. The normalized spacial score (nSPS) is 19.0.